The molecule has 130 valence electrons. The van der Waals surface area contributed by atoms with Gasteiger partial charge < -0.3 is 15.1 Å². The second kappa shape index (κ2) is 6.10. The van der Waals surface area contributed by atoms with Gasteiger partial charge in [0, 0.05) is 40.8 Å². The Hall–Kier alpha value is -3.93. The molecule has 0 saturated carbocycles. The van der Waals surface area contributed by atoms with E-state index < -0.39 is 0 Å². The lowest BCUT2D eigenvalue weighted by Crippen LogP contribution is -2.05. The third-order valence-electron chi connectivity index (χ3n) is 4.45. The van der Waals surface area contributed by atoms with Crippen LogP contribution in [0.5, 0.6) is 0 Å². The van der Waals surface area contributed by atoms with Crippen LogP contribution >= 0.6 is 0 Å². The summed E-state index contributed by atoms with van der Waals surface area (Å²) >= 11 is 0. The van der Waals surface area contributed by atoms with Crippen LogP contribution in [0.2, 0.25) is 0 Å². The molecule has 2 N–H and O–H groups in total. The molecule has 0 spiro atoms. The number of furan rings is 1. The smallest absolute Gasteiger partial charge is 0.259 e. The van der Waals surface area contributed by atoms with Gasteiger partial charge in [0.1, 0.15) is 11.6 Å². The van der Waals surface area contributed by atoms with E-state index >= 15 is 0 Å². The van der Waals surface area contributed by atoms with Crippen LogP contribution in [0, 0.1) is 0 Å². The van der Waals surface area contributed by atoms with Crippen molar-refractivity contribution in [1.82, 2.24) is 9.97 Å². The van der Waals surface area contributed by atoms with Gasteiger partial charge in [-0.15, -0.1) is 0 Å². The van der Waals surface area contributed by atoms with Gasteiger partial charge in [-0.1, -0.05) is 6.07 Å². The molecule has 1 amide bonds. The zero-order valence-electron chi connectivity index (χ0n) is 14.1. The Kier molecular flexibility index (Phi) is 3.47. The number of fused-ring (bicyclic) bond motifs is 2. The first-order valence-electron chi connectivity index (χ1n) is 8.45. The van der Waals surface area contributed by atoms with Crippen LogP contribution in [0.1, 0.15) is 5.56 Å². The van der Waals surface area contributed by atoms with Gasteiger partial charge in [-0.3, -0.25) is 9.78 Å². The maximum absolute atomic E-state index is 12.4. The fourth-order valence-corrected chi connectivity index (χ4v) is 3.11. The number of rotatable bonds is 3. The highest BCUT2D eigenvalue weighted by molar-refractivity contribution is 6.31. The second-order valence-electron chi connectivity index (χ2n) is 6.16. The second-order valence-corrected chi connectivity index (χ2v) is 6.16. The summed E-state index contributed by atoms with van der Waals surface area (Å²) < 4.78 is 5.43. The van der Waals surface area contributed by atoms with Crippen molar-refractivity contribution in [3.8, 4) is 11.3 Å². The zero-order chi connectivity index (χ0) is 18.2. The molecule has 4 heterocycles. The molecule has 0 saturated heterocycles. The monoisotopic (exact) mass is 354 g/mol. The maximum Gasteiger partial charge on any atom is 0.259 e. The number of hydrogen-bond donors (Lipinski definition) is 2. The number of nitrogens with one attached hydrogen (secondary N) is 2. The molecule has 3 aromatic heterocycles. The molecule has 5 rings (SSSR count). The molecule has 0 unspecified atom stereocenters. The van der Waals surface area contributed by atoms with Crippen LogP contribution in [0.4, 0.5) is 11.5 Å². The summed E-state index contributed by atoms with van der Waals surface area (Å²) in [7, 11) is 0. The minimum absolute atomic E-state index is 0.191. The lowest BCUT2D eigenvalue weighted by molar-refractivity contribution is -0.110. The number of benzene rings is 1. The first-order chi connectivity index (χ1) is 13.3. The molecule has 0 aliphatic carbocycles. The Morgan fingerprint density at radius 3 is 2.93 bits per heavy atom. The van der Waals surface area contributed by atoms with Crippen molar-refractivity contribution in [1.29, 1.82) is 0 Å². The minimum atomic E-state index is -0.191. The Balaban J connectivity index is 1.49. The molecule has 1 aliphatic heterocycles. The average Bonchev–Trinajstić information content (AvgIpc) is 3.33. The Morgan fingerprint density at radius 1 is 1.07 bits per heavy atom. The molecular formula is C21H14N4O2. The van der Waals surface area contributed by atoms with E-state index in [1.807, 2.05) is 48.5 Å². The summed E-state index contributed by atoms with van der Waals surface area (Å²) in [6.45, 7) is 0. The number of carbonyl (C=O) groups is 1. The third-order valence-corrected chi connectivity index (χ3v) is 4.45. The molecule has 0 bridgehead atoms. The molecule has 6 nitrogen and oxygen atoms in total. The highest BCUT2D eigenvalue weighted by Gasteiger charge is 2.26. The van der Waals surface area contributed by atoms with E-state index in [1.54, 1.807) is 24.9 Å². The van der Waals surface area contributed by atoms with E-state index in [2.05, 4.69) is 20.6 Å². The first kappa shape index (κ1) is 15.3. The Bertz CT molecular complexity index is 1200. The molecule has 1 aromatic carbocycles. The molecule has 0 fully saturated rings. The van der Waals surface area contributed by atoms with Crippen molar-refractivity contribution in [2.24, 2.45) is 0 Å². The van der Waals surface area contributed by atoms with E-state index in [-0.39, 0.29) is 5.91 Å². The summed E-state index contributed by atoms with van der Waals surface area (Å²) in [6, 6.07) is 15.3. The Labute approximate surface area is 154 Å². The van der Waals surface area contributed by atoms with Gasteiger partial charge in [-0.2, -0.15) is 0 Å². The van der Waals surface area contributed by atoms with Crippen molar-refractivity contribution in [3.05, 3.63) is 79.0 Å². The Morgan fingerprint density at radius 2 is 2.04 bits per heavy atom. The van der Waals surface area contributed by atoms with E-state index in [9.17, 15) is 4.79 Å². The topological polar surface area (TPSA) is 80.0 Å². The lowest BCUT2D eigenvalue weighted by atomic mass is 10.1. The summed E-state index contributed by atoms with van der Waals surface area (Å²) in [5, 5.41) is 7.02. The van der Waals surface area contributed by atoms with Crippen LogP contribution in [0.25, 0.3) is 27.8 Å². The highest BCUT2D eigenvalue weighted by atomic mass is 16.3. The highest BCUT2D eigenvalue weighted by Crippen LogP contribution is 2.33. The molecule has 6 heteroatoms. The lowest BCUT2D eigenvalue weighted by Gasteiger charge is -2.05. The van der Waals surface area contributed by atoms with Gasteiger partial charge >= 0.3 is 0 Å². The number of aromatic nitrogens is 2. The van der Waals surface area contributed by atoms with E-state index in [1.165, 1.54) is 0 Å². The zero-order valence-corrected chi connectivity index (χ0v) is 14.1. The maximum atomic E-state index is 12.4. The predicted octanol–water partition coefficient (Wildman–Crippen LogP) is 4.29. The molecular weight excluding hydrogens is 340 g/mol. The minimum Gasteiger partial charge on any atom is -0.464 e. The molecule has 27 heavy (non-hydrogen) atoms. The number of pyridine rings is 2. The van der Waals surface area contributed by atoms with Crippen molar-refractivity contribution in [3.63, 3.8) is 0 Å². The van der Waals surface area contributed by atoms with Crippen molar-refractivity contribution < 1.29 is 9.21 Å². The normalized spacial score (nSPS) is 14.4. The fraction of sp³-hybridized carbons (Fsp3) is 0. The van der Waals surface area contributed by atoms with E-state index in [0.29, 0.717) is 17.2 Å². The quantitative estimate of drug-likeness (QED) is 0.536. The van der Waals surface area contributed by atoms with Gasteiger partial charge in [0.2, 0.25) is 0 Å². The molecule has 0 radical (unpaired) electrons. The van der Waals surface area contributed by atoms with Crippen LogP contribution in [0.15, 0.2) is 77.8 Å². The fourth-order valence-electron chi connectivity index (χ4n) is 3.11. The largest absolute Gasteiger partial charge is 0.464 e. The molecule has 0 atom stereocenters. The van der Waals surface area contributed by atoms with Crippen LogP contribution in [-0.4, -0.2) is 15.9 Å². The van der Waals surface area contributed by atoms with Crippen LogP contribution in [-0.2, 0) is 4.79 Å². The number of nitrogens with zero attached hydrogens (tertiary/aromatic N) is 2. The van der Waals surface area contributed by atoms with E-state index in [0.717, 1.165) is 27.7 Å². The summed E-state index contributed by atoms with van der Waals surface area (Å²) in [5.74, 6) is 1.06. The number of amides is 1. The third kappa shape index (κ3) is 2.73. The summed E-state index contributed by atoms with van der Waals surface area (Å²) in [6.07, 6.45) is 6.76. The van der Waals surface area contributed by atoms with Crippen molar-refractivity contribution in [2.45, 2.75) is 0 Å². The first-order valence-corrected chi connectivity index (χ1v) is 8.45. The summed E-state index contributed by atoms with van der Waals surface area (Å²) in [5.41, 5.74) is 3.88. The van der Waals surface area contributed by atoms with Crippen LogP contribution < -0.4 is 10.6 Å². The number of anilines is 2. The van der Waals surface area contributed by atoms with E-state index in [4.69, 9.17) is 4.42 Å². The molecule has 4 aromatic rings. The average molecular weight is 354 g/mol. The van der Waals surface area contributed by atoms with Crippen LogP contribution in [0.3, 0.4) is 0 Å². The SMILES string of the molecule is O=C1Nc2ncc(-c3ccco3)cc2C1=CNc1ccc2ncccc2c1. The number of hydrogen-bond acceptors (Lipinski definition) is 5. The summed E-state index contributed by atoms with van der Waals surface area (Å²) in [4.78, 5) is 21.0. The van der Waals surface area contributed by atoms with Gasteiger partial charge in [0.25, 0.3) is 5.91 Å². The van der Waals surface area contributed by atoms with Gasteiger partial charge in [-0.25, -0.2) is 4.98 Å². The van der Waals surface area contributed by atoms with Gasteiger partial charge in [0.05, 0.1) is 17.4 Å². The van der Waals surface area contributed by atoms with Crippen molar-refractivity contribution in [2.75, 3.05) is 10.6 Å². The number of carbonyl (C=O) groups excluding carboxylic acids is 1. The van der Waals surface area contributed by atoms with Crippen molar-refractivity contribution >= 4 is 33.9 Å². The molecule has 1 aliphatic rings. The van der Waals surface area contributed by atoms with Gasteiger partial charge in [0.15, 0.2) is 0 Å². The standard InChI is InChI=1S/C21H14N4O2/c26-21-17(12-23-15-5-6-18-13(9-15)3-1-7-22-18)16-10-14(11-24-20(16)25-21)19-4-2-8-27-19/h1-12,23H,(H,24,25,26). The predicted molar refractivity (Wildman–Crippen MR) is 104 cm³/mol. The van der Waals surface area contributed by atoms with Gasteiger partial charge in [-0.05, 0) is 42.5 Å².